The number of halogens is 3. The van der Waals surface area contributed by atoms with Crippen LogP contribution in [0.1, 0.15) is 5.56 Å². The maximum absolute atomic E-state index is 5.70. The van der Waals surface area contributed by atoms with Crippen LogP contribution in [0.5, 0.6) is 0 Å². The van der Waals surface area contributed by atoms with Gasteiger partial charge >= 0.3 is 0 Å². The van der Waals surface area contributed by atoms with Crippen molar-refractivity contribution in [3.05, 3.63) is 39.7 Å². The summed E-state index contributed by atoms with van der Waals surface area (Å²) < 4.78 is 0. The molecule has 0 unspecified atom stereocenters. The zero-order valence-electron chi connectivity index (χ0n) is 5.00. The summed E-state index contributed by atoms with van der Waals surface area (Å²) in [6.45, 7) is 3.64. The lowest BCUT2D eigenvalue weighted by Crippen LogP contribution is -1.75. The molecule has 0 fully saturated rings. The summed E-state index contributed by atoms with van der Waals surface area (Å²) in [6.07, 6.45) is 0. The molecule has 0 saturated heterocycles. The van der Waals surface area contributed by atoms with Crippen LogP contribution >= 0.6 is 34.8 Å². The summed E-state index contributed by atoms with van der Waals surface area (Å²) >= 11 is 17.0. The Hall–Kier alpha value is 0.0900. The number of hydrogen-bond acceptors (Lipinski definition) is 0. The molecule has 1 aromatic rings. The van der Waals surface area contributed by atoms with Crippen LogP contribution in [0.2, 0.25) is 15.1 Å². The van der Waals surface area contributed by atoms with E-state index in [-0.39, 0.29) is 0 Å². The normalized spacial score (nSPS) is 10.0. The summed E-state index contributed by atoms with van der Waals surface area (Å²) in [5.74, 6) is 0. The molecule has 0 nitrogen and oxygen atoms in total. The standard InChI is InChI=1S/C7H4Cl3/c1-4-2-5(8)3-6(9)7(4)10/h2-3H,1H2. The van der Waals surface area contributed by atoms with Crippen molar-refractivity contribution < 1.29 is 0 Å². The zero-order chi connectivity index (χ0) is 7.72. The maximum atomic E-state index is 5.70. The number of rotatable bonds is 0. The highest BCUT2D eigenvalue weighted by Gasteiger charge is 2.01. The fourth-order valence-corrected chi connectivity index (χ4v) is 1.25. The van der Waals surface area contributed by atoms with Gasteiger partial charge in [-0.15, -0.1) is 0 Å². The second-order valence-corrected chi connectivity index (χ2v) is 3.08. The highest BCUT2D eigenvalue weighted by atomic mass is 35.5. The van der Waals surface area contributed by atoms with Crippen molar-refractivity contribution >= 4 is 34.8 Å². The van der Waals surface area contributed by atoms with Gasteiger partial charge in [0, 0.05) is 5.02 Å². The van der Waals surface area contributed by atoms with Gasteiger partial charge in [-0.2, -0.15) is 0 Å². The Balaban J connectivity index is 3.31. The SMILES string of the molecule is [CH2]c1cc(Cl)cc(Cl)c1Cl. The number of hydrogen-bond donors (Lipinski definition) is 0. The first-order valence-corrected chi connectivity index (χ1v) is 3.71. The molecule has 0 bridgehead atoms. The molecule has 0 atom stereocenters. The van der Waals surface area contributed by atoms with Crippen LogP contribution in [0.4, 0.5) is 0 Å². The van der Waals surface area contributed by atoms with E-state index in [1.54, 1.807) is 12.1 Å². The van der Waals surface area contributed by atoms with E-state index in [0.717, 1.165) is 0 Å². The molecular formula is C7H4Cl3. The minimum Gasteiger partial charge on any atom is -0.0843 e. The van der Waals surface area contributed by atoms with Crippen molar-refractivity contribution in [1.82, 2.24) is 0 Å². The first kappa shape index (κ1) is 8.19. The lowest BCUT2D eigenvalue weighted by atomic mass is 10.2. The lowest BCUT2D eigenvalue weighted by molar-refractivity contribution is 1.61. The Bertz CT molecular complexity index is 232. The van der Waals surface area contributed by atoms with Crippen LogP contribution in [0, 0.1) is 6.92 Å². The van der Waals surface area contributed by atoms with Gasteiger partial charge in [0.2, 0.25) is 0 Å². The van der Waals surface area contributed by atoms with Crippen LogP contribution < -0.4 is 0 Å². The monoisotopic (exact) mass is 193 g/mol. The van der Waals surface area contributed by atoms with Crippen molar-refractivity contribution in [1.29, 1.82) is 0 Å². The minimum absolute atomic E-state index is 0.444. The Kier molecular flexibility index (Phi) is 2.45. The van der Waals surface area contributed by atoms with Gasteiger partial charge in [0.15, 0.2) is 0 Å². The highest BCUT2D eigenvalue weighted by Crippen LogP contribution is 2.28. The van der Waals surface area contributed by atoms with Gasteiger partial charge in [0.05, 0.1) is 10.0 Å². The Labute approximate surface area is 74.7 Å². The first-order chi connectivity index (χ1) is 4.61. The van der Waals surface area contributed by atoms with Crippen LogP contribution in [-0.2, 0) is 0 Å². The Morgan fingerprint density at radius 3 is 2.20 bits per heavy atom. The van der Waals surface area contributed by atoms with Crippen molar-refractivity contribution in [3.8, 4) is 0 Å². The Morgan fingerprint density at radius 2 is 1.70 bits per heavy atom. The van der Waals surface area contributed by atoms with Crippen LogP contribution in [-0.4, -0.2) is 0 Å². The molecule has 3 heteroatoms. The summed E-state index contributed by atoms with van der Waals surface area (Å²) in [5, 5.41) is 1.46. The van der Waals surface area contributed by atoms with E-state index < -0.39 is 0 Å². The molecule has 0 aromatic heterocycles. The predicted octanol–water partition coefficient (Wildman–Crippen LogP) is 3.83. The number of benzene rings is 1. The van der Waals surface area contributed by atoms with Crippen molar-refractivity contribution in [2.45, 2.75) is 0 Å². The molecule has 1 aromatic carbocycles. The van der Waals surface area contributed by atoms with Crippen molar-refractivity contribution in [2.75, 3.05) is 0 Å². The van der Waals surface area contributed by atoms with Gasteiger partial charge in [0.1, 0.15) is 0 Å². The third-order valence-corrected chi connectivity index (χ3v) is 2.13. The first-order valence-electron chi connectivity index (χ1n) is 2.58. The van der Waals surface area contributed by atoms with E-state index in [0.29, 0.717) is 20.6 Å². The van der Waals surface area contributed by atoms with Crippen molar-refractivity contribution in [2.24, 2.45) is 0 Å². The molecule has 53 valence electrons. The minimum atomic E-state index is 0.444. The van der Waals surface area contributed by atoms with Gasteiger partial charge in [-0.05, 0) is 24.6 Å². The maximum Gasteiger partial charge on any atom is 0.0625 e. The summed E-state index contributed by atoms with van der Waals surface area (Å²) in [6, 6.07) is 3.25. The molecule has 0 spiro atoms. The average molecular weight is 194 g/mol. The molecule has 1 radical (unpaired) electrons. The average Bonchev–Trinajstić information content (AvgIpc) is 1.82. The third-order valence-electron chi connectivity index (χ3n) is 1.07. The van der Waals surface area contributed by atoms with Gasteiger partial charge in [-0.3, -0.25) is 0 Å². The van der Waals surface area contributed by atoms with Gasteiger partial charge < -0.3 is 0 Å². The van der Waals surface area contributed by atoms with Crippen LogP contribution in [0.3, 0.4) is 0 Å². The second-order valence-electron chi connectivity index (χ2n) is 1.86. The smallest absolute Gasteiger partial charge is 0.0625 e. The van der Waals surface area contributed by atoms with Gasteiger partial charge in [-0.1, -0.05) is 34.8 Å². The topological polar surface area (TPSA) is 0 Å². The van der Waals surface area contributed by atoms with Gasteiger partial charge in [0.25, 0.3) is 0 Å². The van der Waals surface area contributed by atoms with E-state index in [2.05, 4.69) is 6.92 Å². The molecule has 0 heterocycles. The second kappa shape index (κ2) is 3.00. The molecular weight excluding hydrogens is 190 g/mol. The van der Waals surface area contributed by atoms with E-state index in [9.17, 15) is 0 Å². The summed E-state index contributed by atoms with van der Waals surface area (Å²) in [7, 11) is 0. The zero-order valence-corrected chi connectivity index (χ0v) is 7.26. The highest BCUT2D eigenvalue weighted by molar-refractivity contribution is 6.43. The molecule has 0 aliphatic heterocycles. The predicted molar refractivity (Wildman–Crippen MR) is 45.9 cm³/mol. The molecule has 0 N–H and O–H groups in total. The molecule has 0 saturated carbocycles. The van der Waals surface area contributed by atoms with E-state index in [1.165, 1.54) is 0 Å². The quantitative estimate of drug-likeness (QED) is 0.551. The molecule has 0 aliphatic rings. The van der Waals surface area contributed by atoms with E-state index in [4.69, 9.17) is 34.8 Å². The molecule has 1 rings (SSSR count). The molecule has 0 amide bonds. The summed E-state index contributed by atoms with van der Waals surface area (Å²) in [4.78, 5) is 0. The van der Waals surface area contributed by atoms with E-state index >= 15 is 0 Å². The Morgan fingerprint density at radius 1 is 1.10 bits per heavy atom. The third kappa shape index (κ3) is 1.57. The van der Waals surface area contributed by atoms with Crippen molar-refractivity contribution in [3.63, 3.8) is 0 Å². The van der Waals surface area contributed by atoms with Crippen LogP contribution in [0.15, 0.2) is 12.1 Å². The molecule has 10 heavy (non-hydrogen) atoms. The summed E-state index contributed by atoms with van der Waals surface area (Å²) in [5.41, 5.74) is 0.652. The van der Waals surface area contributed by atoms with Gasteiger partial charge in [-0.25, -0.2) is 0 Å². The fraction of sp³-hybridized carbons (Fsp3) is 0. The lowest BCUT2D eigenvalue weighted by Gasteiger charge is -1.99. The molecule has 0 aliphatic carbocycles. The fourth-order valence-electron chi connectivity index (χ4n) is 0.609. The van der Waals surface area contributed by atoms with E-state index in [1.807, 2.05) is 0 Å². The largest absolute Gasteiger partial charge is 0.0843 e. The van der Waals surface area contributed by atoms with Crippen LogP contribution in [0.25, 0.3) is 0 Å².